The molecule has 0 atom stereocenters. The summed E-state index contributed by atoms with van der Waals surface area (Å²) in [6.07, 6.45) is 3.15. The van der Waals surface area contributed by atoms with Crippen molar-refractivity contribution in [3.8, 4) is 0 Å². The molecule has 4 nitrogen and oxygen atoms in total. The predicted molar refractivity (Wildman–Crippen MR) is 60.1 cm³/mol. The highest BCUT2D eigenvalue weighted by molar-refractivity contribution is 6.34. The van der Waals surface area contributed by atoms with E-state index in [-0.39, 0.29) is 16.1 Å². The van der Waals surface area contributed by atoms with Crippen LogP contribution in [0.3, 0.4) is 0 Å². The fourth-order valence-corrected chi connectivity index (χ4v) is 1.50. The molecule has 0 radical (unpaired) electrons. The van der Waals surface area contributed by atoms with Gasteiger partial charge in [-0.05, 0) is 24.6 Å². The first-order valence-corrected chi connectivity index (χ1v) is 4.78. The van der Waals surface area contributed by atoms with Gasteiger partial charge in [-0.2, -0.15) is 0 Å². The van der Waals surface area contributed by atoms with Gasteiger partial charge in [0.25, 0.3) is 0 Å². The molecule has 0 amide bonds. The summed E-state index contributed by atoms with van der Waals surface area (Å²) in [7, 11) is 0. The first-order valence-electron chi connectivity index (χ1n) is 4.40. The molecule has 0 aliphatic carbocycles. The Hall–Kier alpha value is -1.81. The minimum atomic E-state index is -1.19. The third kappa shape index (κ3) is 2.41. The molecule has 0 aliphatic heterocycles. The second-order valence-electron chi connectivity index (χ2n) is 3.03. The number of carboxylic acid groups (broad SMARTS) is 2. The van der Waals surface area contributed by atoms with Crippen LogP contribution >= 0.6 is 11.6 Å². The summed E-state index contributed by atoms with van der Waals surface area (Å²) >= 11 is 5.67. The van der Waals surface area contributed by atoms with Crippen LogP contribution in [0.4, 0.5) is 0 Å². The molecule has 0 aromatic heterocycles. The molecule has 16 heavy (non-hydrogen) atoms. The molecular weight excluding hydrogens is 232 g/mol. The maximum atomic E-state index is 10.9. The molecular formula is C11H9ClO4. The fraction of sp³-hybridized carbons (Fsp3) is 0.0909. The minimum Gasteiger partial charge on any atom is -0.478 e. The van der Waals surface area contributed by atoms with Crippen LogP contribution in [0.5, 0.6) is 0 Å². The molecule has 1 rings (SSSR count). The number of hydrogen-bond acceptors (Lipinski definition) is 2. The fourth-order valence-electron chi connectivity index (χ4n) is 1.26. The summed E-state index contributed by atoms with van der Waals surface area (Å²) in [4.78, 5) is 21.7. The van der Waals surface area contributed by atoms with E-state index < -0.39 is 11.9 Å². The van der Waals surface area contributed by atoms with Gasteiger partial charge in [-0.3, -0.25) is 0 Å². The molecule has 0 saturated heterocycles. The smallest absolute Gasteiger partial charge is 0.337 e. The number of hydrogen-bond donors (Lipinski definition) is 2. The topological polar surface area (TPSA) is 74.6 Å². The summed E-state index contributed by atoms with van der Waals surface area (Å²) in [5.74, 6) is -2.33. The Morgan fingerprint density at radius 2 is 1.75 bits per heavy atom. The summed E-state index contributed by atoms with van der Waals surface area (Å²) in [5, 5.41) is 17.7. The minimum absolute atomic E-state index is 0.0203. The average molecular weight is 241 g/mol. The lowest BCUT2D eigenvalue weighted by molar-refractivity contribution is 0.0681. The van der Waals surface area contributed by atoms with Gasteiger partial charge >= 0.3 is 11.9 Å². The lowest BCUT2D eigenvalue weighted by atomic mass is 10.0. The highest BCUT2D eigenvalue weighted by atomic mass is 35.5. The van der Waals surface area contributed by atoms with Crippen LogP contribution in [0.1, 0.15) is 33.2 Å². The van der Waals surface area contributed by atoms with E-state index >= 15 is 0 Å². The highest BCUT2D eigenvalue weighted by Crippen LogP contribution is 2.23. The van der Waals surface area contributed by atoms with Crippen molar-refractivity contribution in [3.05, 3.63) is 39.9 Å². The zero-order chi connectivity index (χ0) is 12.3. The van der Waals surface area contributed by atoms with Crippen LogP contribution in [-0.4, -0.2) is 22.2 Å². The zero-order valence-electron chi connectivity index (χ0n) is 8.40. The molecule has 5 heteroatoms. The third-order valence-corrected chi connectivity index (χ3v) is 2.26. The van der Waals surface area contributed by atoms with Crippen LogP contribution in [-0.2, 0) is 0 Å². The Balaban J connectivity index is 3.48. The molecule has 2 N–H and O–H groups in total. The van der Waals surface area contributed by atoms with Crippen molar-refractivity contribution < 1.29 is 19.8 Å². The monoisotopic (exact) mass is 240 g/mol. The highest BCUT2D eigenvalue weighted by Gasteiger charge is 2.15. The maximum absolute atomic E-state index is 10.9. The standard InChI is InChI=1S/C11H9ClO4/c1-2-3-6-4-8(11(15)16)9(12)5-7(6)10(13)14/h2-5H,1H3,(H,13,14)(H,15,16). The van der Waals surface area contributed by atoms with Crippen molar-refractivity contribution in [2.75, 3.05) is 0 Å². The van der Waals surface area contributed by atoms with Gasteiger partial charge in [-0.25, -0.2) is 9.59 Å². The van der Waals surface area contributed by atoms with Gasteiger partial charge in [0.15, 0.2) is 0 Å². The van der Waals surface area contributed by atoms with Crippen molar-refractivity contribution >= 4 is 29.6 Å². The van der Waals surface area contributed by atoms with Crippen molar-refractivity contribution in [1.82, 2.24) is 0 Å². The Morgan fingerprint density at radius 3 is 2.19 bits per heavy atom. The van der Waals surface area contributed by atoms with E-state index in [9.17, 15) is 9.59 Å². The van der Waals surface area contributed by atoms with E-state index in [1.807, 2.05) is 0 Å². The number of carbonyl (C=O) groups is 2. The van der Waals surface area contributed by atoms with Gasteiger partial charge in [-0.1, -0.05) is 23.8 Å². The lowest BCUT2D eigenvalue weighted by Gasteiger charge is -2.05. The largest absolute Gasteiger partial charge is 0.478 e. The van der Waals surface area contributed by atoms with E-state index in [1.165, 1.54) is 12.1 Å². The van der Waals surface area contributed by atoms with Gasteiger partial charge in [0.1, 0.15) is 0 Å². The predicted octanol–water partition coefficient (Wildman–Crippen LogP) is 2.77. The number of aromatic carboxylic acids is 2. The lowest BCUT2D eigenvalue weighted by Crippen LogP contribution is -2.04. The van der Waals surface area contributed by atoms with Crippen molar-refractivity contribution in [3.63, 3.8) is 0 Å². The molecule has 1 aromatic carbocycles. The number of rotatable bonds is 3. The SMILES string of the molecule is CC=Cc1cc(C(=O)O)c(Cl)cc1C(=O)O. The van der Waals surface area contributed by atoms with E-state index in [1.54, 1.807) is 13.0 Å². The first-order chi connectivity index (χ1) is 7.47. The zero-order valence-corrected chi connectivity index (χ0v) is 9.15. The molecule has 0 spiro atoms. The van der Waals surface area contributed by atoms with Crippen LogP contribution in [0.15, 0.2) is 18.2 Å². The summed E-state index contributed by atoms with van der Waals surface area (Å²) in [5.41, 5.74) is 0.185. The van der Waals surface area contributed by atoms with E-state index in [0.717, 1.165) is 6.07 Å². The van der Waals surface area contributed by atoms with Crippen molar-refractivity contribution in [2.45, 2.75) is 6.92 Å². The van der Waals surface area contributed by atoms with Gasteiger partial charge in [0, 0.05) is 0 Å². The molecule has 84 valence electrons. The van der Waals surface area contributed by atoms with Crippen LogP contribution in [0.2, 0.25) is 5.02 Å². The Kier molecular flexibility index (Phi) is 3.68. The second kappa shape index (κ2) is 4.81. The summed E-state index contributed by atoms with van der Waals surface area (Å²) in [6.45, 7) is 1.71. The maximum Gasteiger partial charge on any atom is 0.337 e. The summed E-state index contributed by atoms with van der Waals surface area (Å²) < 4.78 is 0. The third-order valence-electron chi connectivity index (χ3n) is 1.95. The van der Waals surface area contributed by atoms with Gasteiger partial charge in [-0.15, -0.1) is 0 Å². The molecule has 0 heterocycles. The van der Waals surface area contributed by atoms with Crippen LogP contribution in [0.25, 0.3) is 6.08 Å². The van der Waals surface area contributed by atoms with Crippen LogP contribution in [0, 0.1) is 0 Å². The summed E-state index contributed by atoms with van der Waals surface area (Å²) in [6, 6.07) is 2.39. The van der Waals surface area contributed by atoms with Crippen molar-refractivity contribution in [1.29, 1.82) is 0 Å². The molecule has 0 aliphatic rings. The number of benzene rings is 1. The normalized spacial score (nSPS) is 10.6. The van der Waals surface area contributed by atoms with Crippen molar-refractivity contribution in [2.24, 2.45) is 0 Å². The number of allylic oxidation sites excluding steroid dienone is 1. The molecule has 0 fully saturated rings. The molecule has 0 bridgehead atoms. The Bertz CT molecular complexity index is 477. The first kappa shape index (κ1) is 12.3. The molecule has 0 unspecified atom stereocenters. The van der Waals surface area contributed by atoms with Gasteiger partial charge in [0.05, 0.1) is 16.1 Å². The van der Waals surface area contributed by atoms with Gasteiger partial charge in [0.2, 0.25) is 0 Å². The van der Waals surface area contributed by atoms with E-state index in [2.05, 4.69) is 0 Å². The number of halogens is 1. The molecule has 0 saturated carbocycles. The van der Waals surface area contributed by atoms with E-state index in [4.69, 9.17) is 21.8 Å². The average Bonchev–Trinajstić information content (AvgIpc) is 2.19. The Labute approximate surface area is 96.8 Å². The van der Waals surface area contributed by atoms with E-state index in [0.29, 0.717) is 5.56 Å². The van der Waals surface area contributed by atoms with Gasteiger partial charge < -0.3 is 10.2 Å². The molecule has 1 aromatic rings. The quantitative estimate of drug-likeness (QED) is 0.852. The van der Waals surface area contributed by atoms with Crippen LogP contribution < -0.4 is 0 Å². The second-order valence-corrected chi connectivity index (χ2v) is 3.44. The Morgan fingerprint density at radius 1 is 1.19 bits per heavy atom. The number of carboxylic acids is 2.